The third kappa shape index (κ3) is 1.41. The van der Waals surface area contributed by atoms with Crippen molar-refractivity contribution in [3.63, 3.8) is 0 Å². The van der Waals surface area contributed by atoms with Crippen molar-refractivity contribution in [1.29, 1.82) is 0 Å². The van der Waals surface area contributed by atoms with E-state index in [4.69, 9.17) is 5.11 Å². The predicted molar refractivity (Wildman–Crippen MR) is 57.7 cm³/mol. The van der Waals surface area contributed by atoms with Gasteiger partial charge in [0.1, 0.15) is 5.82 Å². The zero-order valence-corrected chi connectivity index (χ0v) is 9.42. The molecule has 1 aromatic carbocycles. The number of carboxylic acid groups (broad SMARTS) is 1. The van der Waals surface area contributed by atoms with Crippen LogP contribution in [0.1, 0.15) is 18.4 Å². The summed E-state index contributed by atoms with van der Waals surface area (Å²) in [5.74, 6) is -1.33. The largest absolute Gasteiger partial charge is 0.481 e. The Kier molecular flexibility index (Phi) is 2.25. The Morgan fingerprint density at radius 1 is 1.50 bits per heavy atom. The molecule has 1 aromatic rings. The zero-order chi connectivity index (χ0) is 10.3. The molecule has 0 radical (unpaired) electrons. The van der Waals surface area contributed by atoms with E-state index in [1.807, 2.05) is 0 Å². The minimum Gasteiger partial charge on any atom is -0.481 e. The summed E-state index contributed by atoms with van der Waals surface area (Å²) in [7, 11) is 0. The van der Waals surface area contributed by atoms with Crippen LogP contribution in [0, 0.1) is 9.39 Å². The number of benzene rings is 1. The van der Waals surface area contributed by atoms with Gasteiger partial charge in [-0.05, 0) is 53.6 Å². The molecule has 0 aromatic heterocycles. The van der Waals surface area contributed by atoms with Crippen LogP contribution in [-0.4, -0.2) is 11.1 Å². The molecule has 0 heterocycles. The van der Waals surface area contributed by atoms with E-state index in [9.17, 15) is 9.18 Å². The predicted octanol–water partition coefficient (Wildman–Crippen LogP) is 2.55. The Bertz CT molecular complexity index is 399. The van der Waals surface area contributed by atoms with Gasteiger partial charge in [0.15, 0.2) is 0 Å². The Morgan fingerprint density at radius 3 is 2.64 bits per heavy atom. The highest BCUT2D eigenvalue weighted by Crippen LogP contribution is 2.49. The van der Waals surface area contributed by atoms with E-state index >= 15 is 0 Å². The van der Waals surface area contributed by atoms with Crippen LogP contribution in [0.15, 0.2) is 18.2 Å². The van der Waals surface area contributed by atoms with E-state index in [2.05, 4.69) is 22.6 Å². The highest BCUT2D eigenvalue weighted by Gasteiger charge is 2.53. The van der Waals surface area contributed by atoms with Gasteiger partial charge >= 0.3 is 5.97 Å². The second-order valence-corrected chi connectivity index (χ2v) is 4.76. The molecule has 0 bridgehead atoms. The fourth-order valence-electron chi connectivity index (χ4n) is 1.59. The molecule has 4 heteroatoms. The lowest BCUT2D eigenvalue weighted by Gasteiger charge is -2.11. The van der Waals surface area contributed by atoms with Gasteiger partial charge in [-0.25, -0.2) is 4.39 Å². The van der Waals surface area contributed by atoms with E-state index in [1.54, 1.807) is 12.1 Å². The molecular weight excluding hydrogens is 298 g/mol. The first-order chi connectivity index (χ1) is 6.56. The lowest BCUT2D eigenvalue weighted by atomic mass is 9.96. The third-order valence-electron chi connectivity index (χ3n) is 2.60. The van der Waals surface area contributed by atoms with Gasteiger partial charge in [0, 0.05) is 9.13 Å². The van der Waals surface area contributed by atoms with Gasteiger partial charge in [-0.1, -0.05) is 0 Å². The topological polar surface area (TPSA) is 37.3 Å². The average Bonchev–Trinajstić information content (AvgIpc) is 2.90. The highest BCUT2D eigenvalue weighted by atomic mass is 127. The van der Waals surface area contributed by atoms with E-state index in [0.29, 0.717) is 18.4 Å². The summed E-state index contributed by atoms with van der Waals surface area (Å²) in [5.41, 5.74) is -0.609. The van der Waals surface area contributed by atoms with Crippen LogP contribution >= 0.6 is 22.6 Å². The number of aliphatic carboxylic acids is 1. The Hall–Kier alpha value is -0.650. The van der Waals surface area contributed by atoms with Gasteiger partial charge < -0.3 is 5.11 Å². The number of carbonyl (C=O) groups is 1. The average molecular weight is 306 g/mol. The Balaban J connectivity index is 2.51. The molecule has 1 fully saturated rings. The summed E-state index contributed by atoms with van der Waals surface area (Å²) in [6.45, 7) is 0. The number of hydrogen-bond acceptors (Lipinski definition) is 1. The maximum absolute atomic E-state index is 13.4. The van der Waals surface area contributed by atoms with Crippen molar-refractivity contribution in [2.75, 3.05) is 0 Å². The number of rotatable bonds is 2. The van der Waals surface area contributed by atoms with Gasteiger partial charge in [0.2, 0.25) is 0 Å². The summed E-state index contributed by atoms with van der Waals surface area (Å²) < 4.78 is 14.3. The van der Waals surface area contributed by atoms with E-state index in [-0.39, 0.29) is 0 Å². The minimum absolute atomic E-state index is 0.330. The standard InChI is InChI=1S/C10H8FIO2/c11-8-2-1-6(12)5-7(8)10(3-4-10)9(13)14/h1-2,5H,3-4H2,(H,13,14). The molecule has 1 aliphatic carbocycles. The summed E-state index contributed by atoms with van der Waals surface area (Å²) in [6, 6.07) is 4.59. The second-order valence-electron chi connectivity index (χ2n) is 3.51. The third-order valence-corrected chi connectivity index (χ3v) is 3.27. The summed E-state index contributed by atoms with van der Waals surface area (Å²) in [4.78, 5) is 11.0. The minimum atomic E-state index is -0.939. The van der Waals surface area contributed by atoms with Crippen molar-refractivity contribution in [2.45, 2.75) is 18.3 Å². The van der Waals surface area contributed by atoms with Gasteiger partial charge in [0.05, 0.1) is 5.41 Å². The quantitative estimate of drug-likeness (QED) is 0.853. The van der Waals surface area contributed by atoms with Crippen LogP contribution in [0.3, 0.4) is 0 Å². The van der Waals surface area contributed by atoms with Crippen molar-refractivity contribution in [3.8, 4) is 0 Å². The van der Waals surface area contributed by atoms with E-state index in [0.717, 1.165) is 3.57 Å². The molecule has 0 saturated heterocycles. The maximum atomic E-state index is 13.4. The van der Waals surface area contributed by atoms with Crippen LogP contribution in [0.4, 0.5) is 4.39 Å². The van der Waals surface area contributed by atoms with Gasteiger partial charge in [-0.15, -0.1) is 0 Å². The van der Waals surface area contributed by atoms with Gasteiger partial charge in [0.25, 0.3) is 0 Å². The van der Waals surface area contributed by atoms with Crippen molar-refractivity contribution in [2.24, 2.45) is 0 Å². The molecule has 1 saturated carbocycles. The second kappa shape index (κ2) is 3.18. The van der Waals surface area contributed by atoms with Crippen molar-refractivity contribution in [1.82, 2.24) is 0 Å². The fraction of sp³-hybridized carbons (Fsp3) is 0.300. The highest BCUT2D eigenvalue weighted by molar-refractivity contribution is 14.1. The molecule has 1 aliphatic rings. The molecule has 74 valence electrons. The van der Waals surface area contributed by atoms with Crippen molar-refractivity contribution >= 4 is 28.6 Å². The number of carboxylic acids is 1. The van der Waals surface area contributed by atoms with Crippen LogP contribution in [0.25, 0.3) is 0 Å². The first-order valence-corrected chi connectivity index (χ1v) is 5.33. The molecule has 0 amide bonds. The molecule has 2 nitrogen and oxygen atoms in total. The van der Waals surface area contributed by atoms with Crippen LogP contribution < -0.4 is 0 Å². The molecule has 1 N–H and O–H groups in total. The molecule has 14 heavy (non-hydrogen) atoms. The Labute approximate surface area is 94.3 Å². The number of halogens is 2. The summed E-state index contributed by atoms with van der Waals surface area (Å²) in [6.07, 6.45) is 1.08. The van der Waals surface area contributed by atoms with E-state index in [1.165, 1.54) is 6.07 Å². The molecule has 2 rings (SSSR count). The lowest BCUT2D eigenvalue weighted by molar-refractivity contribution is -0.140. The molecule has 0 unspecified atom stereocenters. The molecular formula is C10H8FIO2. The SMILES string of the molecule is O=C(O)C1(c2cc(I)ccc2F)CC1. The lowest BCUT2D eigenvalue weighted by Crippen LogP contribution is -2.21. The van der Waals surface area contributed by atoms with Gasteiger partial charge in [-0.2, -0.15) is 0 Å². The van der Waals surface area contributed by atoms with Crippen molar-refractivity contribution in [3.05, 3.63) is 33.1 Å². The van der Waals surface area contributed by atoms with Crippen LogP contribution in [0.2, 0.25) is 0 Å². The number of hydrogen-bond donors (Lipinski definition) is 1. The molecule has 0 aliphatic heterocycles. The Morgan fingerprint density at radius 2 is 2.14 bits per heavy atom. The molecule has 0 atom stereocenters. The molecule has 0 spiro atoms. The monoisotopic (exact) mass is 306 g/mol. The van der Waals surface area contributed by atoms with E-state index < -0.39 is 17.2 Å². The maximum Gasteiger partial charge on any atom is 0.314 e. The smallest absolute Gasteiger partial charge is 0.314 e. The fourth-order valence-corrected chi connectivity index (χ4v) is 2.08. The summed E-state index contributed by atoms with van der Waals surface area (Å²) >= 11 is 2.05. The van der Waals surface area contributed by atoms with Crippen molar-refractivity contribution < 1.29 is 14.3 Å². The summed E-state index contributed by atoms with van der Waals surface area (Å²) in [5, 5.41) is 9.00. The zero-order valence-electron chi connectivity index (χ0n) is 7.26. The van der Waals surface area contributed by atoms with Crippen LogP contribution in [-0.2, 0) is 10.2 Å². The first-order valence-electron chi connectivity index (χ1n) is 4.25. The van der Waals surface area contributed by atoms with Gasteiger partial charge in [-0.3, -0.25) is 4.79 Å². The first kappa shape index (κ1) is 9.89. The normalized spacial score (nSPS) is 17.9. The van der Waals surface area contributed by atoms with Crippen LogP contribution in [0.5, 0.6) is 0 Å².